The first-order valence-electron chi connectivity index (χ1n) is 6.50. The highest BCUT2D eigenvalue weighted by Gasteiger charge is 2.29. The van der Waals surface area contributed by atoms with Gasteiger partial charge in [-0.2, -0.15) is 0 Å². The Kier molecular flexibility index (Phi) is 3.65. The van der Waals surface area contributed by atoms with Gasteiger partial charge in [0.15, 0.2) is 0 Å². The molecule has 1 saturated carbocycles. The largest absolute Gasteiger partial charge is 0.310 e. The summed E-state index contributed by atoms with van der Waals surface area (Å²) >= 11 is 0. The number of hydrogen-bond acceptors (Lipinski definition) is 1. The summed E-state index contributed by atoms with van der Waals surface area (Å²) in [6, 6.07) is 7.30. The predicted octanol–water partition coefficient (Wildman–Crippen LogP) is 3.58. The highest BCUT2D eigenvalue weighted by molar-refractivity contribution is 5.33. The minimum Gasteiger partial charge on any atom is -0.310 e. The third-order valence-corrected chi connectivity index (χ3v) is 3.82. The van der Waals surface area contributed by atoms with Gasteiger partial charge in [-0.3, -0.25) is 0 Å². The van der Waals surface area contributed by atoms with E-state index in [9.17, 15) is 0 Å². The Hall–Kier alpha value is -0.820. The molecule has 0 aliphatic heterocycles. The van der Waals surface area contributed by atoms with Crippen molar-refractivity contribution in [3.05, 3.63) is 34.9 Å². The van der Waals surface area contributed by atoms with Crippen molar-refractivity contribution in [1.29, 1.82) is 0 Å². The maximum absolute atomic E-state index is 3.73. The van der Waals surface area contributed by atoms with Crippen molar-refractivity contribution in [2.75, 3.05) is 0 Å². The van der Waals surface area contributed by atoms with Gasteiger partial charge in [-0.05, 0) is 55.7 Å². The normalized spacial score (nSPS) is 17.4. The van der Waals surface area contributed by atoms with E-state index in [0.717, 1.165) is 18.5 Å². The van der Waals surface area contributed by atoms with Crippen LogP contribution in [0.5, 0.6) is 0 Å². The molecular weight excluding hydrogens is 194 g/mol. The second-order valence-electron chi connectivity index (χ2n) is 5.10. The van der Waals surface area contributed by atoms with Crippen molar-refractivity contribution in [1.82, 2.24) is 5.32 Å². The Morgan fingerprint density at radius 1 is 1.25 bits per heavy atom. The van der Waals surface area contributed by atoms with Gasteiger partial charge in [-0.1, -0.05) is 25.1 Å². The topological polar surface area (TPSA) is 12.0 Å². The minimum atomic E-state index is 0.735. The molecule has 1 aromatic carbocycles. The van der Waals surface area contributed by atoms with Crippen molar-refractivity contribution >= 4 is 0 Å². The minimum absolute atomic E-state index is 0.735. The third kappa shape index (κ3) is 2.65. The number of hydrogen-bond donors (Lipinski definition) is 1. The van der Waals surface area contributed by atoms with Crippen molar-refractivity contribution < 1.29 is 0 Å². The first-order valence-corrected chi connectivity index (χ1v) is 6.50. The lowest BCUT2D eigenvalue weighted by Gasteiger charge is -2.18. The van der Waals surface area contributed by atoms with Gasteiger partial charge in [-0.25, -0.2) is 0 Å². The van der Waals surface area contributed by atoms with E-state index < -0.39 is 0 Å². The molecule has 1 N–H and O–H groups in total. The summed E-state index contributed by atoms with van der Waals surface area (Å²) in [5.41, 5.74) is 4.32. The molecule has 1 aliphatic carbocycles. The summed E-state index contributed by atoms with van der Waals surface area (Å²) < 4.78 is 0. The number of benzene rings is 1. The van der Waals surface area contributed by atoms with Gasteiger partial charge < -0.3 is 5.32 Å². The Morgan fingerprint density at radius 3 is 2.38 bits per heavy atom. The van der Waals surface area contributed by atoms with Crippen LogP contribution in [0, 0.1) is 19.8 Å². The predicted molar refractivity (Wildman–Crippen MR) is 69.6 cm³/mol. The average molecular weight is 217 g/mol. The lowest BCUT2D eigenvalue weighted by molar-refractivity contribution is 0.448. The fourth-order valence-electron chi connectivity index (χ4n) is 2.50. The maximum Gasteiger partial charge on any atom is 0.0213 e. The van der Waals surface area contributed by atoms with E-state index in [2.05, 4.69) is 44.3 Å². The molecule has 0 spiro atoms. The van der Waals surface area contributed by atoms with E-state index in [1.807, 2.05) is 0 Å². The van der Waals surface area contributed by atoms with E-state index in [0.29, 0.717) is 0 Å². The molecule has 1 aromatic rings. The van der Waals surface area contributed by atoms with E-state index in [-0.39, 0.29) is 0 Å². The highest BCUT2D eigenvalue weighted by Crippen LogP contribution is 2.34. The molecule has 1 atom stereocenters. The fourth-order valence-corrected chi connectivity index (χ4v) is 2.50. The molecule has 88 valence electrons. The zero-order chi connectivity index (χ0) is 11.5. The molecule has 0 saturated heterocycles. The monoisotopic (exact) mass is 217 g/mol. The Balaban J connectivity index is 1.98. The van der Waals surface area contributed by atoms with Crippen molar-refractivity contribution in [2.24, 2.45) is 5.92 Å². The van der Waals surface area contributed by atoms with Gasteiger partial charge in [0.2, 0.25) is 0 Å². The van der Waals surface area contributed by atoms with Crippen LogP contribution in [0.1, 0.15) is 42.9 Å². The summed E-state index contributed by atoms with van der Waals surface area (Å²) in [5, 5.41) is 3.73. The third-order valence-electron chi connectivity index (χ3n) is 3.82. The zero-order valence-electron chi connectivity index (χ0n) is 10.7. The summed E-state index contributed by atoms with van der Waals surface area (Å²) in [6.07, 6.45) is 4.12. The van der Waals surface area contributed by atoms with Crippen LogP contribution < -0.4 is 5.32 Å². The van der Waals surface area contributed by atoms with Gasteiger partial charge in [0.1, 0.15) is 0 Å². The van der Waals surface area contributed by atoms with Crippen molar-refractivity contribution in [3.63, 3.8) is 0 Å². The van der Waals surface area contributed by atoms with E-state index in [1.54, 1.807) is 0 Å². The quantitative estimate of drug-likeness (QED) is 0.795. The van der Waals surface area contributed by atoms with Gasteiger partial charge >= 0.3 is 0 Å². The summed E-state index contributed by atoms with van der Waals surface area (Å²) in [4.78, 5) is 0. The van der Waals surface area contributed by atoms with Gasteiger partial charge in [0.05, 0.1) is 0 Å². The molecule has 1 unspecified atom stereocenters. The number of aryl methyl sites for hydroxylation is 2. The number of nitrogens with one attached hydrogen (secondary N) is 1. The van der Waals surface area contributed by atoms with Crippen LogP contribution in [-0.4, -0.2) is 6.04 Å². The molecule has 1 aliphatic rings. The highest BCUT2D eigenvalue weighted by atomic mass is 14.9. The fraction of sp³-hybridized carbons (Fsp3) is 0.600. The van der Waals surface area contributed by atoms with E-state index in [1.165, 1.54) is 36.0 Å². The van der Waals surface area contributed by atoms with Crippen LogP contribution in [0.2, 0.25) is 0 Å². The summed E-state index contributed by atoms with van der Waals surface area (Å²) in [6.45, 7) is 7.75. The van der Waals surface area contributed by atoms with Crippen LogP contribution in [0.25, 0.3) is 0 Å². The average Bonchev–Trinajstić information content (AvgIpc) is 3.07. The molecule has 1 fully saturated rings. The molecule has 0 amide bonds. The van der Waals surface area contributed by atoms with E-state index in [4.69, 9.17) is 0 Å². The molecule has 0 heterocycles. The standard InChI is InChI=1S/C15H23N/c1-4-15(13-8-9-13)16-10-14-11(2)6-5-7-12(14)3/h5-7,13,15-16H,4,8-10H2,1-3H3. The molecule has 2 rings (SSSR count). The van der Waals surface area contributed by atoms with E-state index >= 15 is 0 Å². The SMILES string of the molecule is CCC(NCc1c(C)cccc1C)C1CC1. The smallest absolute Gasteiger partial charge is 0.0213 e. The maximum atomic E-state index is 3.73. The van der Waals surface area contributed by atoms with Crippen LogP contribution in [0.3, 0.4) is 0 Å². The van der Waals surface area contributed by atoms with Gasteiger partial charge in [0.25, 0.3) is 0 Å². The van der Waals surface area contributed by atoms with Crippen LogP contribution in [0.15, 0.2) is 18.2 Å². The van der Waals surface area contributed by atoms with Gasteiger partial charge in [0, 0.05) is 12.6 Å². The molecule has 16 heavy (non-hydrogen) atoms. The van der Waals surface area contributed by atoms with Gasteiger partial charge in [-0.15, -0.1) is 0 Å². The second kappa shape index (κ2) is 5.01. The second-order valence-corrected chi connectivity index (χ2v) is 5.10. The molecule has 0 aromatic heterocycles. The number of rotatable bonds is 5. The summed E-state index contributed by atoms with van der Waals surface area (Å²) in [5.74, 6) is 0.953. The summed E-state index contributed by atoms with van der Waals surface area (Å²) in [7, 11) is 0. The van der Waals surface area contributed by atoms with Crippen molar-refractivity contribution in [3.8, 4) is 0 Å². The Morgan fingerprint density at radius 2 is 1.88 bits per heavy atom. The molecular formula is C15H23N. The lowest BCUT2D eigenvalue weighted by atomic mass is 10.0. The molecule has 0 bridgehead atoms. The zero-order valence-corrected chi connectivity index (χ0v) is 10.7. The molecule has 1 heteroatoms. The Labute approximate surface area is 99.3 Å². The first-order chi connectivity index (χ1) is 7.72. The van der Waals surface area contributed by atoms with Crippen LogP contribution in [0.4, 0.5) is 0 Å². The van der Waals surface area contributed by atoms with Crippen molar-refractivity contribution in [2.45, 2.75) is 52.6 Å². The first kappa shape index (κ1) is 11.7. The van der Waals surface area contributed by atoms with Crippen LogP contribution >= 0.6 is 0 Å². The lowest BCUT2D eigenvalue weighted by Crippen LogP contribution is -2.30. The Bertz CT molecular complexity index is 332. The molecule has 1 nitrogen and oxygen atoms in total. The molecule has 0 radical (unpaired) electrons. The van der Waals surface area contributed by atoms with Crippen LogP contribution in [-0.2, 0) is 6.54 Å².